The average molecular weight is 1250 g/mol. The van der Waals surface area contributed by atoms with E-state index in [4.69, 9.17) is 29.5 Å². The summed E-state index contributed by atoms with van der Waals surface area (Å²) in [6.07, 6.45) is 14.3. The molecule has 24 heteroatoms. The fraction of sp³-hybridized carbons (Fsp3) is 0.462. The summed E-state index contributed by atoms with van der Waals surface area (Å²) in [5.41, 5.74) is 5.06. The van der Waals surface area contributed by atoms with Gasteiger partial charge in [0.15, 0.2) is 5.13 Å². The Labute approximate surface area is 525 Å². The normalized spacial score (nSPS) is 14.1. The van der Waals surface area contributed by atoms with Gasteiger partial charge in [-0.2, -0.15) is 13.9 Å². The number of carbonyl (C=O) groups is 4. The number of allylic oxidation sites excluding steroid dienone is 2. The van der Waals surface area contributed by atoms with E-state index in [1.165, 1.54) is 17.5 Å². The second kappa shape index (κ2) is 39.2. The number of piperazine rings is 1. The van der Waals surface area contributed by atoms with Gasteiger partial charge in [-0.3, -0.25) is 29.3 Å². The van der Waals surface area contributed by atoms with Crippen LogP contribution in [0.5, 0.6) is 11.5 Å². The Kier molecular flexibility index (Phi) is 30.9. The molecule has 5 N–H and O–H groups in total. The SMILES string of the molecule is C=C/C=C(\C=C)CNC=O.CC(c1cn(C(F)F)c2ccccc12)N(C(=O)CCc1ccc(OCCCCN(C)CCOCCOCC/C(C=NCCOCCOc2ccc(NC(=O)Nc3nc(CC(=O)N4CCN(C)CC4)cs3)cc2)=N/N)cc1)C1CC1. The molecule has 0 spiro atoms. The number of hydrazone groups is 1. The zero-order valence-corrected chi connectivity index (χ0v) is 52.4. The van der Waals surface area contributed by atoms with Crippen LogP contribution in [0.1, 0.15) is 74.9 Å². The van der Waals surface area contributed by atoms with Crippen LogP contribution in [0, 0.1) is 0 Å². The van der Waals surface area contributed by atoms with E-state index in [9.17, 15) is 28.0 Å². The highest BCUT2D eigenvalue weighted by molar-refractivity contribution is 7.14. The van der Waals surface area contributed by atoms with Crippen molar-refractivity contribution in [3.05, 3.63) is 138 Å². The van der Waals surface area contributed by atoms with Crippen molar-refractivity contribution in [1.82, 2.24) is 34.5 Å². The van der Waals surface area contributed by atoms with Crippen molar-refractivity contribution in [2.24, 2.45) is 15.9 Å². The number of nitrogens with zero attached hydrogens (tertiary/aromatic N) is 8. The van der Waals surface area contributed by atoms with E-state index in [2.05, 4.69) is 61.0 Å². The second-order valence-electron chi connectivity index (χ2n) is 21.4. The van der Waals surface area contributed by atoms with E-state index in [0.29, 0.717) is 138 Å². The number of alkyl halides is 2. The molecule has 5 aromatic rings. The minimum Gasteiger partial charge on any atom is -0.494 e. The molecule has 5 amide bonds. The first-order valence-corrected chi connectivity index (χ1v) is 31.1. The van der Waals surface area contributed by atoms with Gasteiger partial charge in [-0.15, -0.1) is 11.3 Å². The van der Waals surface area contributed by atoms with Gasteiger partial charge in [0, 0.05) is 92.6 Å². The van der Waals surface area contributed by atoms with Crippen LogP contribution in [0.2, 0.25) is 0 Å². The summed E-state index contributed by atoms with van der Waals surface area (Å²) in [6.45, 7) is 15.9. The summed E-state index contributed by atoms with van der Waals surface area (Å²) >= 11 is 1.28. The number of aryl methyl sites for hydroxylation is 1. The highest BCUT2D eigenvalue weighted by Gasteiger charge is 2.37. The molecule has 1 unspecified atom stereocenters. The predicted octanol–water partition coefficient (Wildman–Crippen LogP) is 9.16. The number of hydrogen-bond donors (Lipinski definition) is 4. The van der Waals surface area contributed by atoms with Crippen molar-refractivity contribution in [1.29, 1.82) is 0 Å². The molecular weight excluding hydrogens is 1160 g/mol. The maximum atomic E-state index is 13.8. The van der Waals surface area contributed by atoms with E-state index in [1.807, 2.05) is 60.2 Å². The lowest BCUT2D eigenvalue weighted by molar-refractivity contribution is -0.134. The van der Waals surface area contributed by atoms with Crippen LogP contribution in [-0.2, 0) is 41.4 Å². The Morgan fingerprint density at radius 2 is 1.55 bits per heavy atom. The van der Waals surface area contributed by atoms with Crippen LogP contribution in [0.25, 0.3) is 10.9 Å². The molecule has 1 aliphatic carbocycles. The first kappa shape index (κ1) is 70.2. The Hall–Kier alpha value is -7.87. The molecule has 1 saturated carbocycles. The van der Waals surface area contributed by atoms with Gasteiger partial charge in [0.2, 0.25) is 18.2 Å². The number of thiazole rings is 1. The number of halogens is 2. The summed E-state index contributed by atoms with van der Waals surface area (Å²) in [7, 11) is 4.12. The van der Waals surface area contributed by atoms with Gasteiger partial charge in [-0.05, 0) is 113 Å². The van der Waals surface area contributed by atoms with Crippen molar-refractivity contribution in [3.8, 4) is 11.5 Å². The number of aromatic nitrogens is 2. The topological polar surface area (TPSA) is 232 Å². The molecule has 7 rings (SSSR count). The van der Waals surface area contributed by atoms with E-state index < -0.39 is 12.6 Å². The van der Waals surface area contributed by atoms with Gasteiger partial charge < -0.3 is 59.8 Å². The van der Waals surface area contributed by atoms with Crippen LogP contribution >= 0.6 is 11.3 Å². The number of nitrogens with one attached hydrogen (secondary N) is 3. The van der Waals surface area contributed by atoms with Crippen LogP contribution < -0.4 is 31.3 Å². The Bertz CT molecular complexity index is 3060. The minimum atomic E-state index is -2.65. The lowest BCUT2D eigenvalue weighted by Crippen LogP contribution is -2.47. The molecule has 2 aromatic heterocycles. The number of hydrogen-bond acceptors (Lipinski definition) is 16. The maximum Gasteiger partial charge on any atom is 0.325 e. The van der Waals surface area contributed by atoms with Crippen LogP contribution in [0.15, 0.2) is 131 Å². The number of para-hydroxylation sites is 1. The largest absolute Gasteiger partial charge is 0.494 e. The quantitative estimate of drug-likeness (QED) is 0.00719. The molecule has 0 bridgehead atoms. The van der Waals surface area contributed by atoms with Crippen LogP contribution in [-0.4, -0.2) is 191 Å². The fourth-order valence-corrected chi connectivity index (χ4v) is 10.2. The number of urea groups is 1. The average Bonchev–Trinajstić information content (AvgIpc) is 1.68. The highest BCUT2D eigenvalue weighted by Crippen LogP contribution is 2.39. The molecule has 3 aromatic carbocycles. The van der Waals surface area contributed by atoms with Gasteiger partial charge in [0.25, 0.3) is 0 Å². The van der Waals surface area contributed by atoms with Crippen molar-refractivity contribution in [3.63, 3.8) is 0 Å². The molecule has 0 radical (unpaired) electrons. The fourth-order valence-electron chi connectivity index (χ4n) is 9.54. The van der Waals surface area contributed by atoms with E-state index in [0.717, 1.165) is 84.3 Å². The van der Waals surface area contributed by atoms with Crippen LogP contribution in [0.3, 0.4) is 0 Å². The van der Waals surface area contributed by atoms with Crippen molar-refractivity contribution >= 4 is 69.2 Å². The third-order valence-corrected chi connectivity index (χ3v) is 15.5. The minimum absolute atomic E-state index is 0.0387. The Morgan fingerprint density at radius 3 is 2.25 bits per heavy atom. The number of rotatable bonds is 39. The summed E-state index contributed by atoms with van der Waals surface area (Å²) in [5, 5.41) is 14.8. The van der Waals surface area contributed by atoms with Crippen molar-refractivity contribution in [2.45, 2.75) is 76.9 Å². The predicted molar refractivity (Wildman–Crippen MR) is 348 cm³/mol. The number of carbonyl (C=O) groups excluding carboxylic acids is 4. The molecule has 1 atom stereocenters. The molecule has 1 saturated heterocycles. The number of unbranched alkanes of at least 4 members (excludes halogenated alkanes) is 1. The number of aliphatic imine (C=N–C) groups is 1. The number of nitrogens with two attached hydrogens (primary N) is 1. The monoisotopic (exact) mass is 1250 g/mol. The number of fused-ring (bicyclic) bond motifs is 1. The summed E-state index contributed by atoms with van der Waals surface area (Å²) in [4.78, 5) is 65.6. The van der Waals surface area contributed by atoms with E-state index in [1.54, 1.807) is 66.2 Å². The van der Waals surface area contributed by atoms with Crippen molar-refractivity contribution in [2.75, 3.05) is 130 Å². The van der Waals surface area contributed by atoms with Gasteiger partial charge in [0.1, 0.15) is 18.1 Å². The zero-order valence-electron chi connectivity index (χ0n) is 51.6. The third kappa shape index (κ3) is 25.3. The molecular formula is C65H88F2N12O9S. The lowest BCUT2D eigenvalue weighted by atomic mass is 10.0. The third-order valence-electron chi connectivity index (χ3n) is 14.6. The summed E-state index contributed by atoms with van der Waals surface area (Å²) < 4.78 is 57.6. The highest BCUT2D eigenvalue weighted by atomic mass is 32.1. The van der Waals surface area contributed by atoms with E-state index in [-0.39, 0.29) is 30.3 Å². The molecule has 482 valence electrons. The van der Waals surface area contributed by atoms with Gasteiger partial charge in [-0.1, -0.05) is 61.7 Å². The molecule has 89 heavy (non-hydrogen) atoms. The number of anilines is 2. The van der Waals surface area contributed by atoms with E-state index >= 15 is 0 Å². The van der Waals surface area contributed by atoms with Gasteiger partial charge in [-0.25, -0.2) is 9.78 Å². The zero-order chi connectivity index (χ0) is 63.6. The molecule has 2 fully saturated rings. The van der Waals surface area contributed by atoms with Gasteiger partial charge in [0.05, 0.1) is 82.2 Å². The first-order valence-electron chi connectivity index (χ1n) is 30.2. The Morgan fingerprint density at radius 1 is 0.854 bits per heavy atom. The van der Waals surface area contributed by atoms with Crippen LogP contribution in [0.4, 0.5) is 24.4 Å². The molecule has 21 nitrogen and oxygen atoms in total. The number of likely N-dealkylation sites (N-methyl/N-ethyl adjacent to an activating group) is 2. The first-order chi connectivity index (χ1) is 43.3. The van der Waals surface area contributed by atoms with Gasteiger partial charge >= 0.3 is 12.6 Å². The Balaban J connectivity index is 0.00000116. The number of benzene rings is 3. The molecule has 1 aliphatic heterocycles. The summed E-state index contributed by atoms with van der Waals surface area (Å²) in [5.74, 6) is 7.07. The maximum absolute atomic E-state index is 13.8. The lowest BCUT2D eigenvalue weighted by Gasteiger charge is -2.32. The molecule has 2 aliphatic rings. The molecule has 3 heterocycles. The summed E-state index contributed by atoms with van der Waals surface area (Å²) in [6, 6.07) is 21.5. The standard InChI is InChI=1S/C57H77F2N11O8S.C8H11NO/c1-42(51-40-69(55(58)59)52-9-5-4-8-50(51)52)70(47-15-16-47)53(71)21-12-43-10-17-48(18-11-43)77-30-7-6-24-66(2)29-33-76-35-34-74-31-22-45(65-60)39-61-23-32-75-36-37-78-49-19-13-44(14-20-49)62-56(73)64-57-63-46(41-79-57)38-54(72)68-27-25-67(3)26-28-68;1-3-5-8(4-2)6-9-7-10/h4-5,8-11,13-14,17-20,39-42,47,55H,6-7,12,15-16,21-38,60H2,1-3H3,(H2,62,63,64,73);3-5,7H,1-2,6H2,(H,9,10)/b61-39?,65-45-;8-5+. The number of ether oxygens (including phenoxy) is 5. The smallest absolute Gasteiger partial charge is 0.325 e. The number of amides is 5. The second-order valence-corrected chi connectivity index (χ2v) is 22.2. The van der Waals surface area contributed by atoms with Crippen molar-refractivity contribution < 1.29 is 51.6 Å².